The second-order valence-corrected chi connectivity index (χ2v) is 7.39. The largest absolute Gasteiger partial charge is 0.376 e. The predicted octanol–water partition coefficient (Wildman–Crippen LogP) is 1.57. The zero-order chi connectivity index (χ0) is 13.0. The molecule has 2 aliphatic heterocycles. The van der Waals surface area contributed by atoms with Crippen LogP contribution in [0.1, 0.15) is 26.7 Å². The van der Waals surface area contributed by atoms with Gasteiger partial charge in [0.15, 0.2) is 5.96 Å². The van der Waals surface area contributed by atoms with Gasteiger partial charge in [0.1, 0.15) is 0 Å². The fourth-order valence-corrected chi connectivity index (χ4v) is 3.65. The van der Waals surface area contributed by atoms with Crippen LogP contribution >= 0.6 is 11.8 Å². The second-order valence-electron chi connectivity index (χ2n) is 5.59. The number of aliphatic imine (C=N–C) groups is 1. The Labute approximate surface area is 115 Å². The van der Waals surface area contributed by atoms with E-state index in [9.17, 15) is 0 Å². The predicted molar refractivity (Wildman–Crippen MR) is 78.4 cm³/mol. The van der Waals surface area contributed by atoms with Gasteiger partial charge >= 0.3 is 0 Å². The smallest absolute Gasteiger partial charge is 0.193 e. The molecule has 1 unspecified atom stereocenters. The molecule has 5 heteroatoms. The standard InChI is InChI=1S/C13H25N3OS/c1-13(2)10-16(6-8-18-13)12(14-3)15-9-11-5-4-7-17-11/h11H,4-10H2,1-3H3,(H,14,15). The van der Waals surface area contributed by atoms with Crippen LogP contribution in [0.3, 0.4) is 0 Å². The molecule has 2 heterocycles. The highest BCUT2D eigenvalue weighted by Crippen LogP contribution is 2.29. The third-order valence-corrected chi connectivity index (χ3v) is 4.75. The van der Waals surface area contributed by atoms with Crippen LogP contribution in [-0.4, -0.2) is 60.8 Å². The summed E-state index contributed by atoms with van der Waals surface area (Å²) in [4.78, 5) is 6.77. The van der Waals surface area contributed by atoms with Crippen LogP contribution in [0, 0.1) is 0 Å². The Balaban J connectivity index is 1.84. The van der Waals surface area contributed by atoms with Crippen LogP contribution in [0.25, 0.3) is 0 Å². The van der Waals surface area contributed by atoms with Crippen molar-refractivity contribution in [2.45, 2.75) is 37.5 Å². The number of thioether (sulfide) groups is 1. The van der Waals surface area contributed by atoms with Crippen molar-refractivity contribution >= 4 is 17.7 Å². The summed E-state index contributed by atoms with van der Waals surface area (Å²) in [5, 5.41) is 3.46. The van der Waals surface area contributed by atoms with Gasteiger partial charge in [-0.15, -0.1) is 0 Å². The van der Waals surface area contributed by atoms with Crippen LogP contribution < -0.4 is 5.32 Å². The molecule has 0 aromatic heterocycles. The van der Waals surface area contributed by atoms with E-state index in [1.165, 1.54) is 18.6 Å². The van der Waals surface area contributed by atoms with Crippen molar-refractivity contribution in [1.29, 1.82) is 0 Å². The molecule has 2 fully saturated rings. The lowest BCUT2D eigenvalue weighted by molar-refractivity contribution is 0.113. The number of rotatable bonds is 2. The van der Waals surface area contributed by atoms with Gasteiger partial charge in [-0.05, 0) is 26.7 Å². The summed E-state index contributed by atoms with van der Waals surface area (Å²) >= 11 is 2.05. The van der Waals surface area contributed by atoms with Crippen LogP contribution in [0.2, 0.25) is 0 Å². The van der Waals surface area contributed by atoms with E-state index in [0.717, 1.165) is 32.2 Å². The van der Waals surface area contributed by atoms with Gasteiger partial charge in [0.05, 0.1) is 6.10 Å². The minimum absolute atomic E-state index is 0.319. The van der Waals surface area contributed by atoms with E-state index >= 15 is 0 Å². The molecule has 0 radical (unpaired) electrons. The first-order valence-corrected chi connectivity index (χ1v) is 7.80. The topological polar surface area (TPSA) is 36.9 Å². The molecular weight excluding hydrogens is 246 g/mol. The summed E-state index contributed by atoms with van der Waals surface area (Å²) in [6.45, 7) is 8.55. The average Bonchev–Trinajstić information content (AvgIpc) is 2.81. The third-order valence-electron chi connectivity index (χ3n) is 3.45. The van der Waals surface area contributed by atoms with Crippen LogP contribution in [0.4, 0.5) is 0 Å². The molecule has 0 bridgehead atoms. The quantitative estimate of drug-likeness (QED) is 0.611. The van der Waals surface area contributed by atoms with Crippen molar-refractivity contribution in [2.24, 2.45) is 4.99 Å². The molecule has 0 saturated carbocycles. The van der Waals surface area contributed by atoms with Crippen molar-refractivity contribution in [3.05, 3.63) is 0 Å². The normalized spacial score (nSPS) is 28.5. The number of ether oxygens (including phenoxy) is 1. The zero-order valence-electron chi connectivity index (χ0n) is 11.7. The van der Waals surface area contributed by atoms with Gasteiger partial charge in [0.2, 0.25) is 0 Å². The van der Waals surface area contributed by atoms with Crippen molar-refractivity contribution in [2.75, 3.05) is 39.0 Å². The minimum Gasteiger partial charge on any atom is -0.376 e. The Bertz CT molecular complexity index is 301. The van der Waals surface area contributed by atoms with E-state index in [-0.39, 0.29) is 0 Å². The van der Waals surface area contributed by atoms with E-state index < -0.39 is 0 Å². The molecule has 2 rings (SSSR count). The first-order valence-electron chi connectivity index (χ1n) is 6.82. The second kappa shape index (κ2) is 6.15. The lowest BCUT2D eigenvalue weighted by Crippen LogP contribution is -2.51. The maximum absolute atomic E-state index is 5.64. The van der Waals surface area contributed by atoms with E-state index in [4.69, 9.17) is 4.74 Å². The fraction of sp³-hybridized carbons (Fsp3) is 0.923. The van der Waals surface area contributed by atoms with Gasteiger partial charge in [-0.2, -0.15) is 11.8 Å². The van der Waals surface area contributed by atoms with Crippen LogP contribution in [-0.2, 0) is 4.74 Å². The molecule has 104 valence electrons. The molecule has 2 saturated heterocycles. The summed E-state index contributed by atoms with van der Waals surface area (Å²) in [5.74, 6) is 2.20. The Kier molecular flexibility index (Phi) is 4.78. The number of hydrogen-bond donors (Lipinski definition) is 1. The van der Waals surface area contributed by atoms with Gasteiger partial charge in [-0.25, -0.2) is 0 Å². The van der Waals surface area contributed by atoms with Gasteiger partial charge in [-0.3, -0.25) is 4.99 Å². The molecule has 1 atom stereocenters. The van der Waals surface area contributed by atoms with Gasteiger partial charge in [0.25, 0.3) is 0 Å². The molecule has 0 spiro atoms. The summed E-state index contributed by atoms with van der Waals surface area (Å²) in [5.41, 5.74) is 0. The maximum atomic E-state index is 5.64. The summed E-state index contributed by atoms with van der Waals surface area (Å²) in [7, 11) is 1.87. The van der Waals surface area contributed by atoms with Crippen molar-refractivity contribution in [3.8, 4) is 0 Å². The molecule has 1 N–H and O–H groups in total. The van der Waals surface area contributed by atoms with Gasteiger partial charge in [-0.1, -0.05) is 0 Å². The zero-order valence-corrected chi connectivity index (χ0v) is 12.6. The highest BCUT2D eigenvalue weighted by atomic mass is 32.2. The molecule has 4 nitrogen and oxygen atoms in total. The van der Waals surface area contributed by atoms with Crippen molar-refractivity contribution in [3.63, 3.8) is 0 Å². The van der Waals surface area contributed by atoms with Crippen molar-refractivity contribution in [1.82, 2.24) is 10.2 Å². The molecule has 0 amide bonds. The van der Waals surface area contributed by atoms with E-state index in [2.05, 4.69) is 29.1 Å². The third kappa shape index (κ3) is 3.79. The molecule has 0 aliphatic carbocycles. The summed E-state index contributed by atoms with van der Waals surface area (Å²) < 4.78 is 5.96. The number of nitrogens with zero attached hydrogens (tertiary/aromatic N) is 2. The monoisotopic (exact) mass is 271 g/mol. The summed E-state index contributed by atoms with van der Waals surface area (Å²) in [6, 6.07) is 0. The Morgan fingerprint density at radius 1 is 1.56 bits per heavy atom. The van der Waals surface area contributed by atoms with Crippen LogP contribution in [0.15, 0.2) is 4.99 Å². The minimum atomic E-state index is 0.319. The Morgan fingerprint density at radius 2 is 2.39 bits per heavy atom. The van der Waals surface area contributed by atoms with Crippen LogP contribution in [0.5, 0.6) is 0 Å². The highest BCUT2D eigenvalue weighted by Gasteiger charge is 2.29. The lowest BCUT2D eigenvalue weighted by Gasteiger charge is -2.39. The average molecular weight is 271 g/mol. The van der Waals surface area contributed by atoms with Crippen molar-refractivity contribution < 1.29 is 4.74 Å². The molecule has 0 aromatic carbocycles. The van der Waals surface area contributed by atoms with E-state index in [0.29, 0.717) is 10.9 Å². The summed E-state index contributed by atoms with van der Waals surface area (Å²) in [6.07, 6.45) is 2.73. The maximum Gasteiger partial charge on any atom is 0.193 e. The number of hydrogen-bond acceptors (Lipinski definition) is 3. The SMILES string of the molecule is CN=C(NCC1CCCO1)N1CCSC(C)(C)C1. The fourth-order valence-electron chi connectivity index (χ4n) is 2.54. The molecule has 2 aliphatic rings. The Morgan fingerprint density at radius 3 is 3.00 bits per heavy atom. The first-order chi connectivity index (χ1) is 8.61. The number of nitrogens with one attached hydrogen (secondary N) is 1. The lowest BCUT2D eigenvalue weighted by atomic mass is 10.2. The molecular formula is C13H25N3OS. The van der Waals surface area contributed by atoms with E-state index in [1.54, 1.807) is 0 Å². The number of guanidine groups is 1. The molecule has 0 aromatic rings. The van der Waals surface area contributed by atoms with E-state index in [1.807, 2.05) is 18.8 Å². The van der Waals surface area contributed by atoms with Gasteiger partial charge in [0, 0.05) is 43.8 Å². The van der Waals surface area contributed by atoms with Gasteiger partial charge < -0.3 is 15.0 Å². The highest BCUT2D eigenvalue weighted by molar-refractivity contribution is 8.00. The molecule has 18 heavy (non-hydrogen) atoms. The Hall–Kier alpha value is -0.420. The first kappa shape index (κ1) is 14.0.